The van der Waals surface area contributed by atoms with Gasteiger partial charge in [0.2, 0.25) is 18.1 Å². The summed E-state index contributed by atoms with van der Waals surface area (Å²) in [6, 6.07) is 7.16. The van der Waals surface area contributed by atoms with Crippen LogP contribution < -0.4 is 16.0 Å². The van der Waals surface area contributed by atoms with Gasteiger partial charge < -0.3 is 20.9 Å². The highest BCUT2D eigenvalue weighted by Crippen LogP contribution is 2.13. The Labute approximate surface area is 141 Å². The molecule has 0 unspecified atom stereocenters. The largest absolute Gasteiger partial charge is 0.357 e. The van der Waals surface area contributed by atoms with E-state index in [9.17, 15) is 4.79 Å². The van der Waals surface area contributed by atoms with Crippen LogP contribution in [0.3, 0.4) is 0 Å². The Kier molecular flexibility index (Phi) is 6.14. The summed E-state index contributed by atoms with van der Waals surface area (Å²) in [4.78, 5) is 21.3. The van der Waals surface area contributed by atoms with Crippen molar-refractivity contribution in [1.29, 1.82) is 5.26 Å². The zero-order valence-electron chi connectivity index (χ0n) is 13.8. The van der Waals surface area contributed by atoms with Gasteiger partial charge in [-0.3, -0.25) is 9.79 Å². The van der Waals surface area contributed by atoms with Crippen LogP contribution in [-0.2, 0) is 4.79 Å². The molecule has 8 nitrogen and oxygen atoms in total. The molecule has 0 bridgehead atoms. The fourth-order valence-corrected chi connectivity index (χ4v) is 2.32. The number of hydrogen-bond acceptors (Lipinski definition) is 5. The Balaban J connectivity index is 1.86. The van der Waals surface area contributed by atoms with E-state index in [1.54, 1.807) is 30.5 Å². The van der Waals surface area contributed by atoms with Gasteiger partial charge in [0.05, 0.1) is 12.4 Å². The number of aliphatic imine (C=N–C) groups is 2. The first kappa shape index (κ1) is 17.3. The third-order valence-corrected chi connectivity index (χ3v) is 3.47. The molecule has 0 aliphatic carbocycles. The number of anilines is 2. The third kappa shape index (κ3) is 5.28. The molecule has 126 valence electrons. The quantitative estimate of drug-likeness (QED) is 0.428. The van der Waals surface area contributed by atoms with Gasteiger partial charge >= 0.3 is 0 Å². The van der Waals surface area contributed by atoms with Crippen molar-refractivity contribution in [3.05, 3.63) is 24.3 Å². The van der Waals surface area contributed by atoms with Crippen molar-refractivity contribution in [3.8, 4) is 6.19 Å². The van der Waals surface area contributed by atoms with Crippen molar-refractivity contribution in [2.24, 2.45) is 9.98 Å². The van der Waals surface area contributed by atoms with Crippen LogP contribution >= 0.6 is 0 Å². The van der Waals surface area contributed by atoms with Gasteiger partial charge in [-0.05, 0) is 31.2 Å². The molecule has 0 radical (unpaired) electrons. The fourth-order valence-electron chi connectivity index (χ4n) is 2.32. The summed E-state index contributed by atoms with van der Waals surface area (Å²) >= 11 is 0. The highest BCUT2D eigenvalue weighted by atomic mass is 16.1. The molecule has 1 aliphatic heterocycles. The van der Waals surface area contributed by atoms with E-state index in [4.69, 9.17) is 5.26 Å². The lowest BCUT2D eigenvalue weighted by atomic mass is 10.3. The Hall–Kier alpha value is -3.08. The molecule has 0 saturated heterocycles. The minimum atomic E-state index is -0.121. The van der Waals surface area contributed by atoms with Crippen molar-refractivity contribution in [3.63, 3.8) is 0 Å². The van der Waals surface area contributed by atoms with Gasteiger partial charge in [0.25, 0.3) is 0 Å². The Morgan fingerprint density at radius 3 is 2.54 bits per heavy atom. The van der Waals surface area contributed by atoms with Crippen LogP contribution in [-0.4, -0.2) is 48.8 Å². The summed E-state index contributed by atoms with van der Waals surface area (Å²) in [6.07, 6.45) is 1.78. The molecule has 2 rings (SSSR count). The summed E-state index contributed by atoms with van der Waals surface area (Å²) in [6.45, 7) is 6.65. The van der Waals surface area contributed by atoms with Gasteiger partial charge in [0, 0.05) is 37.9 Å². The smallest absolute Gasteiger partial charge is 0.221 e. The second-order valence-corrected chi connectivity index (χ2v) is 5.29. The van der Waals surface area contributed by atoms with E-state index in [-0.39, 0.29) is 5.91 Å². The van der Waals surface area contributed by atoms with E-state index in [0.717, 1.165) is 31.2 Å². The first-order valence-electron chi connectivity index (χ1n) is 7.70. The van der Waals surface area contributed by atoms with Gasteiger partial charge in [-0.15, -0.1) is 4.99 Å². The molecule has 0 saturated carbocycles. The summed E-state index contributed by atoms with van der Waals surface area (Å²) in [5.41, 5.74) is 1.48. The summed E-state index contributed by atoms with van der Waals surface area (Å²) in [5.74, 6) is 1.31. The van der Waals surface area contributed by atoms with Gasteiger partial charge in [0.15, 0.2) is 0 Å². The molecule has 1 heterocycles. The third-order valence-electron chi connectivity index (χ3n) is 3.47. The first-order valence-corrected chi connectivity index (χ1v) is 7.70. The van der Waals surface area contributed by atoms with Crippen molar-refractivity contribution in [1.82, 2.24) is 10.2 Å². The van der Waals surface area contributed by atoms with Crippen LogP contribution in [0.2, 0.25) is 0 Å². The second kappa shape index (κ2) is 8.53. The number of amidine groups is 1. The van der Waals surface area contributed by atoms with Crippen molar-refractivity contribution in [2.75, 3.05) is 36.8 Å². The molecule has 1 aromatic carbocycles. The maximum absolute atomic E-state index is 11.0. The minimum Gasteiger partial charge on any atom is -0.357 e. The zero-order valence-corrected chi connectivity index (χ0v) is 13.8. The molecule has 3 N–H and O–H groups in total. The number of hydrogen-bond donors (Lipinski definition) is 3. The van der Waals surface area contributed by atoms with Crippen molar-refractivity contribution in [2.45, 2.75) is 13.8 Å². The summed E-state index contributed by atoms with van der Waals surface area (Å²) in [7, 11) is 0. The minimum absolute atomic E-state index is 0.121. The van der Waals surface area contributed by atoms with Gasteiger partial charge in [-0.1, -0.05) is 0 Å². The monoisotopic (exact) mass is 327 g/mol. The molecular formula is C16H21N7O. The molecule has 0 spiro atoms. The number of benzene rings is 1. The predicted octanol–water partition coefficient (Wildman–Crippen LogP) is 1.22. The normalized spacial score (nSPS) is 14.0. The average Bonchev–Trinajstić information content (AvgIpc) is 2.94. The van der Waals surface area contributed by atoms with Crippen molar-refractivity contribution >= 4 is 29.1 Å². The van der Waals surface area contributed by atoms with E-state index in [1.165, 1.54) is 6.92 Å². The standard InChI is InChI=1S/C16H21N7O/c1-12-18-7-9-23(12)10-8-19-16(20-11-17)22-15-5-3-14(4-6-15)21-13(2)24/h3-6H,7-10H2,1-2H3,(H,21,24)(H2,19,20,22). The maximum atomic E-state index is 11.0. The summed E-state index contributed by atoms with van der Waals surface area (Å²) < 4.78 is 0. The van der Waals surface area contributed by atoms with Crippen LogP contribution in [0, 0.1) is 11.5 Å². The zero-order chi connectivity index (χ0) is 17.4. The summed E-state index contributed by atoms with van der Waals surface area (Å²) in [5, 5.41) is 17.7. The average molecular weight is 327 g/mol. The first-order chi connectivity index (χ1) is 11.6. The van der Waals surface area contributed by atoms with Crippen LogP contribution in [0.25, 0.3) is 0 Å². The molecular weight excluding hydrogens is 306 g/mol. The lowest BCUT2D eigenvalue weighted by Crippen LogP contribution is -2.38. The van der Waals surface area contributed by atoms with E-state index in [1.807, 2.05) is 6.92 Å². The van der Waals surface area contributed by atoms with E-state index in [0.29, 0.717) is 18.2 Å². The van der Waals surface area contributed by atoms with Crippen LogP contribution in [0.4, 0.5) is 11.4 Å². The van der Waals surface area contributed by atoms with Crippen LogP contribution in [0.15, 0.2) is 34.3 Å². The Morgan fingerprint density at radius 2 is 2.00 bits per heavy atom. The molecule has 0 fully saturated rings. The fraction of sp³-hybridized carbons (Fsp3) is 0.375. The van der Waals surface area contributed by atoms with Gasteiger partial charge in [-0.2, -0.15) is 5.26 Å². The van der Waals surface area contributed by atoms with Gasteiger partial charge in [-0.25, -0.2) is 0 Å². The van der Waals surface area contributed by atoms with E-state index < -0.39 is 0 Å². The second-order valence-electron chi connectivity index (χ2n) is 5.29. The maximum Gasteiger partial charge on any atom is 0.221 e. The van der Waals surface area contributed by atoms with E-state index >= 15 is 0 Å². The van der Waals surface area contributed by atoms with E-state index in [2.05, 4.69) is 30.8 Å². The molecule has 1 aliphatic rings. The van der Waals surface area contributed by atoms with Crippen molar-refractivity contribution < 1.29 is 4.79 Å². The SMILES string of the molecule is CC(=O)Nc1ccc(N/C(=N/C#N)NCCN2CCN=C2C)cc1. The number of carbonyl (C=O) groups excluding carboxylic acids is 1. The lowest BCUT2D eigenvalue weighted by molar-refractivity contribution is -0.114. The van der Waals surface area contributed by atoms with Crippen LogP contribution in [0.1, 0.15) is 13.8 Å². The highest BCUT2D eigenvalue weighted by Gasteiger charge is 2.11. The molecule has 1 amide bonds. The number of nitrogens with zero attached hydrogens (tertiary/aromatic N) is 4. The van der Waals surface area contributed by atoms with Gasteiger partial charge in [0.1, 0.15) is 0 Å². The number of amides is 1. The Morgan fingerprint density at radius 1 is 1.33 bits per heavy atom. The topological polar surface area (TPSA) is 105 Å². The van der Waals surface area contributed by atoms with Crippen LogP contribution in [0.5, 0.6) is 0 Å². The molecule has 0 atom stereocenters. The molecule has 1 aromatic rings. The number of nitrogens with one attached hydrogen (secondary N) is 3. The lowest BCUT2D eigenvalue weighted by Gasteiger charge is -2.19. The number of nitriles is 1. The number of carbonyl (C=O) groups is 1. The number of rotatable bonds is 5. The number of guanidine groups is 1. The predicted molar refractivity (Wildman–Crippen MR) is 95.0 cm³/mol. The highest BCUT2D eigenvalue weighted by molar-refractivity contribution is 5.95. The molecule has 24 heavy (non-hydrogen) atoms. The molecule has 8 heteroatoms. The Bertz CT molecular complexity index is 673. The molecule has 0 aromatic heterocycles.